The fraction of sp³-hybridized carbons (Fsp3) is 0.378. The standard InChI is InChI=1S/C37H45N5O7S/c1-7-48-32-20-25(10-14-31(32)49-22(2)3)34(40-26-11-13-28-24(19-26)16-17-39-35(28)38)36(43)42-18-8-9-30(42)29-21-27(41(6)37(44)45)12-15-33(29)50(46,47)23(4)5/h10-17,19-23,30,34,40H,7-9,18H2,1-6H3,(H2,38,39)(H,44,45)/t30-,34+/m0/s1. The van der Waals surface area contributed by atoms with Crippen LogP contribution in [0.5, 0.6) is 11.5 Å². The first kappa shape index (κ1) is 36.2. The summed E-state index contributed by atoms with van der Waals surface area (Å²) in [5.41, 5.74) is 8.07. The van der Waals surface area contributed by atoms with Gasteiger partial charge in [0.25, 0.3) is 0 Å². The number of nitrogen functional groups attached to an aromatic ring is 1. The molecule has 2 heterocycles. The molecule has 5 rings (SSSR count). The van der Waals surface area contributed by atoms with Gasteiger partial charge < -0.3 is 30.5 Å². The van der Waals surface area contributed by atoms with Crippen molar-refractivity contribution >= 4 is 49.8 Å². The van der Waals surface area contributed by atoms with Gasteiger partial charge in [0.05, 0.1) is 28.9 Å². The molecule has 1 fully saturated rings. The molecule has 3 aromatic carbocycles. The summed E-state index contributed by atoms with van der Waals surface area (Å²) < 4.78 is 39.3. The summed E-state index contributed by atoms with van der Waals surface area (Å²) in [6.07, 6.45) is 1.44. The zero-order valence-electron chi connectivity index (χ0n) is 29.2. The number of hydrogen-bond donors (Lipinski definition) is 3. The number of anilines is 3. The summed E-state index contributed by atoms with van der Waals surface area (Å²) in [5.74, 6) is 1.15. The number of nitrogens with two attached hydrogens (primary N) is 1. The van der Waals surface area contributed by atoms with Gasteiger partial charge in [-0.2, -0.15) is 0 Å². The number of benzene rings is 3. The molecule has 0 spiro atoms. The van der Waals surface area contributed by atoms with Gasteiger partial charge in [-0.1, -0.05) is 6.07 Å². The Bertz CT molecular complexity index is 2000. The fourth-order valence-electron chi connectivity index (χ4n) is 6.22. The highest BCUT2D eigenvalue weighted by atomic mass is 32.2. The van der Waals surface area contributed by atoms with E-state index in [4.69, 9.17) is 15.2 Å². The minimum absolute atomic E-state index is 0.0822. The van der Waals surface area contributed by atoms with Crippen LogP contribution in [0.2, 0.25) is 0 Å². The SMILES string of the molecule is CCOc1cc([C@@H](Nc2ccc3c(N)nccc3c2)C(=O)N2CCC[C@H]2c2cc(N(C)C(=O)O)ccc2S(=O)(=O)C(C)C)ccc1OC(C)C. The highest BCUT2D eigenvalue weighted by Gasteiger charge is 2.38. The Balaban J connectivity index is 1.63. The molecule has 50 heavy (non-hydrogen) atoms. The van der Waals surface area contributed by atoms with E-state index in [-0.39, 0.29) is 16.9 Å². The lowest BCUT2D eigenvalue weighted by atomic mass is 10.00. The molecule has 0 unspecified atom stereocenters. The minimum atomic E-state index is -3.79. The van der Waals surface area contributed by atoms with Crippen molar-refractivity contribution in [2.24, 2.45) is 0 Å². The van der Waals surface area contributed by atoms with E-state index in [1.807, 2.05) is 51.1 Å². The second-order valence-electron chi connectivity index (χ2n) is 12.9. The van der Waals surface area contributed by atoms with Crippen LogP contribution < -0.4 is 25.4 Å². The molecule has 1 aliphatic heterocycles. The van der Waals surface area contributed by atoms with Crippen molar-refractivity contribution < 1.29 is 32.6 Å². The number of carboxylic acid groups (broad SMARTS) is 1. The van der Waals surface area contributed by atoms with E-state index in [2.05, 4.69) is 10.3 Å². The summed E-state index contributed by atoms with van der Waals surface area (Å²) >= 11 is 0. The number of sulfone groups is 1. The number of likely N-dealkylation sites (tertiary alicyclic amines) is 1. The number of ether oxygens (including phenoxy) is 2. The summed E-state index contributed by atoms with van der Waals surface area (Å²) in [5, 5.41) is 14.0. The predicted molar refractivity (Wildman–Crippen MR) is 195 cm³/mol. The Labute approximate surface area is 293 Å². The maximum Gasteiger partial charge on any atom is 0.411 e. The average molecular weight is 704 g/mol. The summed E-state index contributed by atoms with van der Waals surface area (Å²) in [6, 6.07) is 15.8. The van der Waals surface area contributed by atoms with E-state index < -0.39 is 33.3 Å². The number of aromatic nitrogens is 1. The highest BCUT2D eigenvalue weighted by Crippen LogP contribution is 2.41. The van der Waals surface area contributed by atoms with Crippen molar-refractivity contribution in [2.75, 3.05) is 36.1 Å². The van der Waals surface area contributed by atoms with Crippen LogP contribution in [-0.4, -0.2) is 67.0 Å². The number of pyridine rings is 1. The molecule has 0 aliphatic carbocycles. The Morgan fingerprint density at radius 3 is 2.50 bits per heavy atom. The topological polar surface area (TPSA) is 164 Å². The molecule has 2 amide bonds. The van der Waals surface area contributed by atoms with E-state index >= 15 is 0 Å². The van der Waals surface area contributed by atoms with Gasteiger partial charge in [0, 0.05) is 36.6 Å². The summed E-state index contributed by atoms with van der Waals surface area (Å²) in [6.45, 7) is 9.67. The third-order valence-corrected chi connectivity index (χ3v) is 11.0. The Morgan fingerprint density at radius 2 is 1.82 bits per heavy atom. The van der Waals surface area contributed by atoms with E-state index in [1.54, 1.807) is 43.1 Å². The van der Waals surface area contributed by atoms with Gasteiger partial charge >= 0.3 is 6.09 Å². The van der Waals surface area contributed by atoms with Crippen molar-refractivity contribution in [2.45, 2.75) is 75.8 Å². The molecule has 1 saturated heterocycles. The van der Waals surface area contributed by atoms with Crippen LogP contribution in [0, 0.1) is 0 Å². The number of nitrogens with zero attached hydrogens (tertiary/aromatic N) is 3. The first-order valence-corrected chi connectivity index (χ1v) is 18.3. The molecule has 13 heteroatoms. The molecule has 2 atom stereocenters. The lowest BCUT2D eigenvalue weighted by Gasteiger charge is -2.32. The van der Waals surface area contributed by atoms with Crippen molar-refractivity contribution in [1.29, 1.82) is 0 Å². The quantitative estimate of drug-likeness (QED) is 0.143. The van der Waals surface area contributed by atoms with Crippen molar-refractivity contribution in [3.8, 4) is 11.5 Å². The number of fused-ring (bicyclic) bond motifs is 1. The van der Waals surface area contributed by atoms with Crippen molar-refractivity contribution in [3.05, 3.63) is 78.0 Å². The van der Waals surface area contributed by atoms with Crippen LogP contribution in [0.1, 0.15) is 70.7 Å². The molecular weight excluding hydrogens is 659 g/mol. The van der Waals surface area contributed by atoms with Gasteiger partial charge in [-0.05, 0) is 119 Å². The van der Waals surface area contributed by atoms with Crippen LogP contribution in [-0.2, 0) is 14.6 Å². The third kappa shape index (κ3) is 7.42. The van der Waals surface area contributed by atoms with Gasteiger partial charge in [0.15, 0.2) is 21.3 Å². The van der Waals surface area contributed by atoms with E-state index in [0.717, 1.165) is 15.7 Å². The molecule has 12 nitrogen and oxygen atoms in total. The maximum absolute atomic E-state index is 14.9. The zero-order chi connectivity index (χ0) is 36.3. The molecule has 1 aliphatic rings. The number of carbonyl (C=O) groups is 2. The minimum Gasteiger partial charge on any atom is -0.490 e. The Kier molecular flexibility index (Phi) is 10.8. The lowest BCUT2D eigenvalue weighted by Crippen LogP contribution is -2.38. The fourth-order valence-corrected chi connectivity index (χ4v) is 7.51. The van der Waals surface area contributed by atoms with Gasteiger partial charge in [-0.25, -0.2) is 18.2 Å². The first-order chi connectivity index (χ1) is 23.7. The molecule has 4 N–H and O–H groups in total. The Morgan fingerprint density at radius 1 is 1.06 bits per heavy atom. The Hall–Kier alpha value is -5.04. The first-order valence-electron chi connectivity index (χ1n) is 16.7. The second kappa shape index (κ2) is 14.8. The second-order valence-corrected chi connectivity index (χ2v) is 15.3. The van der Waals surface area contributed by atoms with Crippen LogP contribution >= 0.6 is 0 Å². The monoisotopic (exact) mass is 703 g/mol. The van der Waals surface area contributed by atoms with Crippen molar-refractivity contribution in [1.82, 2.24) is 9.88 Å². The number of carbonyl (C=O) groups excluding carboxylic acids is 1. The smallest absolute Gasteiger partial charge is 0.411 e. The maximum atomic E-state index is 14.9. The molecule has 0 radical (unpaired) electrons. The molecular formula is C37H45N5O7S. The van der Waals surface area contributed by atoms with Gasteiger partial charge in [-0.15, -0.1) is 0 Å². The van der Waals surface area contributed by atoms with Gasteiger partial charge in [-0.3, -0.25) is 9.69 Å². The van der Waals surface area contributed by atoms with Gasteiger partial charge in [0.2, 0.25) is 5.91 Å². The third-order valence-electron chi connectivity index (χ3n) is 8.81. The number of hydrogen-bond acceptors (Lipinski definition) is 9. The number of amides is 2. The van der Waals surface area contributed by atoms with Crippen LogP contribution in [0.4, 0.5) is 22.0 Å². The molecule has 1 aromatic heterocycles. The van der Waals surface area contributed by atoms with Crippen LogP contribution in [0.15, 0.2) is 71.8 Å². The summed E-state index contributed by atoms with van der Waals surface area (Å²) in [7, 11) is -2.40. The normalized spacial score (nSPS) is 15.4. The van der Waals surface area contributed by atoms with Crippen molar-refractivity contribution in [3.63, 3.8) is 0 Å². The van der Waals surface area contributed by atoms with E-state index in [0.29, 0.717) is 65.8 Å². The largest absolute Gasteiger partial charge is 0.490 e. The van der Waals surface area contributed by atoms with E-state index in [1.165, 1.54) is 19.2 Å². The highest BCUT2D eigenvalue weighted by molar-refractivity contribution is 7.92. The van der Waals surface area contributed by atoms with Crippen LogP contribution in [0.25, 0.3) is 10.8 Å². The van der Waals surface area contributed by atoms with Gasteiger partial charge in [0.1, 0.15) is 11.9 Å². The zero-order valence-corrected chi connectivity index (χ0v) is 30.0. The molecule has 4 aromatic rings. The lowest BCUT2D eigenvalue weighted by molar-refractivity contribution is -0.133. The summed E-state index contributed by atoms with van der Waals surface area (Å²) in [4.78, 5) is 33.8. The number of nitrogens with one attached hydrogen (secondary N) is 1. The van der Waals surface area contributed by atoms with Crippen LogP contribution in [0.3, 0.4) is 0 Å². The van der Waals surface area contributed by atoms with E-state index in [9.17, 15) is 23.1 Å². The number of rotatable bonds is 12. The molecule has 0 bridgehead atoms. The molecule has 266 valence electrons. The predicted octanol–water partition coefficient (Wildman–Crippen LogP) is 6.82. The average Bonchev–Trinajstić information content (AvgIpc) is 3.57. The molecule has 0 saturated carbocycles.